The molecule has 7 nitrogen and oxygen atoms in total. The highest BCUT2D eigenvalue weighted by Gasteiger charge is 2.14. The molecule has 31 heavy (non-hydrogen) atoms. The molecule has 0 spiro atoms. The van der Waals surface area contributed by atoms with Crippen molar-refractivity contribution in [3.63, 3.8) is 0 Å². The Morgan fingerprint density at radius 1 is 0.903 bits per heavy atom. The summed E-state index contributed by atoms with van der Waals surface area (Å²) >= 11 is 0. The summed E-state index contributed by atoms with van der Waals surface area (Å²) in [5.41, 5.74) is 3.94. The number of nitrogens with one attached hydrogen (secondary N) is 2. The molecule has 0 saturated carbocycles. The number of nitrogens with zero attached hydrogens (tertiary/aromatic N) is 2. The summed E-state index contributed by atoms with van der Waals surface area (Å²) in [5, 5.41) is 4.39. The lowest BCUT2D eigenvalue weighted by Gasteiger charge is -2.09. The van der Waals surface area contributed by atoms with Gasteiger partial charge < -0.3 is 24.5 Å². The van der Waals surface area contributed by atoms with Gasteiger partial charge >= 0.3 is 0 Å². The molecule has 0 saturated heterocycles. The maximum atomic E-state index is 5.99. The average molecular weight is 410 g/mol. The second-order valence-electron chi connectivity index (χ2n) is 7.24. The Morgan fingerprint density at radius 3 is 2.81 bits per heavy atom. The molecule has 0 aliphatic carbocycles. The third kappa shape index (κ3) is 3.36. The Hall–Kier alpha value is -4.26. The summed E-state index contributed by atoms with van der Waals surface area (Å²) in [6.07, 6.45) is 1.81. The number of para-hydroxylation sites is 1. The number of ether oxygens (including phenoxy) is 3. The number of aromatic nitrogens is 3. The highest BCUT2D eigenvalue weighted by atomic mass is 16.7. The number of hydrogen-bond acceptors (Lipinski definition) is 6. The molecule has 0 amide bonds. The zero-order chi connectivity index (χ0) is 20.6. The van der Waals surface area contributed by atoms with Crippen LogP contribution in [0.5, 0.6) is 23.0 Å². The summed E-state index contributed by atoms with van der Waals surface area (Å²) in [7, 11) is 0. The summed E-state index contributed by atoms with van der Waals surface area (Å²) < 4.78 is 16.7. The molecule has 0 bridgehead atoms. The lowest BCUT2D eigenvalue weighted by Crippen LogP contribution is -2.03. The zero-order valence-corrected chi connectivity index (χ0v) is 16.5. The number of hydrogen-bond donors (Lipinski definition) is 2. The fourth-order valence-corrected chi connectivity index (χ4v) is 3.68. The first kappa shape index (κ1) is 17.6. The van der Waals surface area contributed by atoms with Crippen LogP contribution in [0.4, 0.5) is 5.95 Å². The van der Waals surface area contributed by atoms with Gasteiger partial charge in [0.15, 0.2) is 11.5 Å². The van der Waals surface area contributed by atoms with Crippen molar-refractivity contribution in [3.8, 4) is 23.0 Å². The van der Waals surface area contributed by atoms with Crippen LogP contribution < -0.4 is 19.5 Å². The second-order valence-corrected chi connectivity index (χ2v) is 7.24. The molecule has 2 aromatic heterocycles. The highest BCUT2D eigenvalue weighted by Crippen LogP contribution is 2.36. The van der Waals surface area contributed by atoms with Crippen LogP contribution in [-0.4, -0.2) is 21.7 Å². The van der Waals surface area contributed by atoms with E-state index in [4.69, 9.17) is 19.2 Å². The molecule has 3 aromatic carbocycles. The minimum Gasteiger partial charge on any atom is -0.457 e. The third-order valence-corrected chi connectivity index (χ3v) is 5.17. The number of H-pyrrole nitrogens is 1. The summed E-state index contributed by atoms with van der Waals surface area (Å²) in [6, 6.07) is 21.6. The van der Waals surface area contributed by atoms with E-state index in [9.17, 15) is 0 Å². The average Bonchev–Trinajstić information content (AvgIpc) is 3.42. The number of fused-ring (bicyclic) bond motifs is 4. The smallest absolute Gasteiger partial charge is 0.231 e. The van der Waals surface area contributed by atoms with E-state index in [0.29, 0.717) is 24.0 Å². The Labute approximate surface area is 177 Å². The summed E-state index contributed by atoms with van der Waals surface area (Å²) in [6.45, 7) is 0.818. The largest absolute Gasteiger partial charge is 0.457 e. The van der Waals surface area contributed by atoms with Gasteiger partial charge in [0.25, 0.3) is 0 Å². The molecular weight excluding hydrogens is 392 g/mol. The Kier molecular flexibility index (Phi) is 4.09. The molecule has 5 aromatic rings. The van der Waals surface area contributed by atoms with Gasteiger partial charge in [-0.3, -0.25) is 0 Å². The standard InChI is InChI=1S/C24H18N4O3/c1-2-7-19-18(6-1)23-20(27-19)13-26-24(28-23)25-12-15-4-3-5-16(10-15)31-17-8-9-21-22(11-17)30-14-29-21/h1-11,13,27H,12,14H2,(H,25,26,28). The van der Waals surface area contributed by atoms with Crippen molar-refractivity contribution >= 4 is 27.9 Å². The summed E-state index contributed by atoms with van der Waals surface area (Å²) in [5.74, 6) is 3.45. The van der Waals surface area contributed by atoms with E-state index in [-0.39, 0.29) is 6.79 Å². The Morgan fingerprint density at radius 2 is 1.81 bits per heavy atom. The lowest BCUT2D eigenvalue weighted by molar-refractivity contribution is 0.174. The van der Waals surface area contributed by atoms with Crippen molar-refractivity contribution in [1.82, 2.24) is 15.0 Å². The minimum atomic E-state index is 0.242. The second kappa shape index (κ2) is 7.21. The molecule has 0 unspecified atom stereocenters. The van der Waals surface area contributed by atoms with Gasteiger partial charge in [-0.15, -0.1) is 0 Å². The fraction of sp³-hybridized carbons (Fsp3) is 0.0833. The van der Waals surface area contributed by atoms with Gasteiger partial charge in [0.2, 0.25) is 12.7 Å². The van der Waals surface area contributed by atoms with Crippen molar-refractivity contribution in [1.29, 1.82) is 0 Å². The molecule has 152 valence electrons. The zero-order valence-electron chi connectivity index (χ0n) is 16.5. The molecule has 2 N–H and O–H groups in total. The quantitative estimate of drug-likeness (QED) is 0.412. The molecule has 7 heteroatoms. The fourth-order valence-electron chi connectivity index (χ4n) is 3.68. The molecule has 0 fully saturated rings. The lowest BCUT2D eigenvalue weighted by atomic mass is 10.2. The Bertz CT molecular complexity index is 1410. The first-order valence-corrected chi connectivity index (χ1v) is 9.96. The summed E-state index contributed by atoms with van der Waals surface area (Å²) in [4.78, 5) is 12.5. The first-order chi connectivity index (χ1) is 15.3. The van der Waals surface area contributed by atoms with Crippen molar-refractivity contribution in [2.75, 3.05) is 12.1 Å². The maximum absolute atomic E-state index is 5.99. The van der Waals surface area contributed by atoms with Crippen LogP contribution in [0, 0.1) is 0 Å². The first-order valence-electron chi connectivity index (χ1n) is 9.96. The molecular formula is C24H18N4O3. The predicted molar refractivity (Wildman–Crippen MR) is 118 cm³/mol. The van der Waals surface area contributed by atoms with Gasteiger partial charge in [-0.1, -0.05) is 30.3 Å². The monoisotopic (exact) mass is 410 g/mol. The van der Waals surface area contributed by atoms with Crippen LogP contribution in [0.3, 0.4) is 0 Å². The van der Waals surface area contributed by atoms with E-state index in [0.717, 1.165) is 39.0 Å². The van der Waals surface area contributed by atoms with Crippen molar-refractivity contribution < 1.29 is 14.2 Å². The minimum absolute atomic E-state index is 0.242. The van der Waals surface area contributed by atoms with Crippen molar-refractivity contribution in [2.24, 2.45) is 0 Å². The van der Waals surface area contributed by atoms with Gasteiger partial charge in [0.05, 0.1) is 11.7 Å². The maximum Gasteiger partial charge on any atom is 0.231 e. The van der Waals surface area contributed by atoms with Crippen LogP contribution in [-0.2, 0) is 6.54 Å². The van der Waals surface area contributed by atoms with Gasteiger partial charge in [-0.2, -0.15) is 0 Å². The van der Waals surface area contributed by atoms with E-state index < -0.39 is 0 Å². The predicted octanol–water partition coefficient (Wildman–Crippen LogP) is 5.24. The Balaban J connectivity index is 1.19. The van der Waals surface area contributed by atoms with E-state index in [1.165, 1.54) is 0 Å². The molecule has 0 atom stereocenters. The van der Waals surface area contributed by atoms with Gasteiger partial charge in [0, 0.05) is 23.5 Å². The van der Waals surface area contributed by atoms with Crippen LogP contribution >= 0.6 is 0 Å². The van der Waals surface area contributed by atoms with Gasteiger partial charge in [-0.05, 0) is 35.9 Å². The molecule has 6 rings (SSSR count). The van der Waals surface area contributed by atoms with Gasteiger partial charge in [0.1, 0.15) is 17.0 Å². The molecule has 3 heterocycles. The number of benzene rings is 3. The highest BCUT2D eigenvalue weighted by molar-refractivity contribution is 6.04. The van der Waals surface area contributed by atoms with Crippen LogP contribution in [0.1, 0.15) is 5.56 Å². The van der Waals surface area contributed by atoms with Crippen molar-refractivity contribution in [3.05, 3.63) is 78.5 Å². The van der Waals surface area contributed by atoms with Gasteiger partial charge in [-0.25, -0.2) is 9.97 Å². The number of anilines is 1. The normalized spacial score (nSPS) is 12.4. The van der Waals surface area contributed by atoms with E-state index in [1.807, 2.05) is 66.9 Å². The van der Waals surface area contributed by atoms with Crippen LogP contribution in [0.2, 0.25) is 0 Å². The number of rotatable bonds is 5. The van der Waals surface area contributed by atoms with E-state index in [1.54, 1.807) is 0 Å². The SMILES string of the molecule is c1cc(CNc2ncc3[nH]c4ccccc4c3n2)cc(Oc2ccc3c(c2)OCO3)c1. The van der Waals surface area contributed by atoms with Crippen LogP contribution in [0.15, 0.2) is 72.9 Å². The third-order valence-electron chi connectivity index (χ3n) is 5.17. The van der Waals surface area contributed by atoms with Crippen LogP contribution in [0.25, 0.3) is 21.9 Å². The molecule has 0 radical (unpaired) electrons. The van der Waals surface area contributed by atoms with E-state index >= 15 is 0 Å². The van der Waals surface area contributed by atoms with E-state index in [2.05, 4.69) is 21.4 Å². The number of aromatic amines is 1. The molecule has 1 aliphatic heterocycles. The van der Waals surface area contributed by atoms with Crippen molar-refractivity contribution in [2.45, 2.75) is 6.54 Å². The topological polar surface area (TPSA) is 81.3 Å². The molecule has 1 aliphatic rings.